The summed E-state index contributed by atoms with van der Waals surface area (Å²) in [5, 5.41) is 9.47. The fraction of sp³-hybridized carbons (Fsp3) is 0.200. The topological polar surface area (TPSA) is 59.0 Å². The molecule has 1 heterocycles. The maximum Gasteiger partial charge on any atom is 0.416 e. The van der Waals surface area contributed by atoms with Gasteiger partial charge in [-0.15, -0.1) is 0 Å². The number of carbonyl (C=O) groups excluding carboxylic acids is 1. The van der Waals surface area contributed by atoms with Crippen LogP contribution in [0.5, 0.6) is 0 Å². The summed E-state index contributed by atoms with van der Waals surface area (Å²) >= 11 is 0. The van der Waals surface area contributed by atoms with Gasteiger partial charge in [0.2, 0.25) is 0 Å². The molecule has 2 amide bonds. The summed E-state index contributed by atoms with van der Waals surface area (Å²) < 4.78 is 39.9. The normalized spacial score (nSPS) is 11.2. The van der Waals surface area contributed by atoms with Gasteiger partial charge in [-0.05, 0) is 23.3 Å². The molecule has 0 saturated carbocycles. The van der Waals surface area contributed by atoms with Crippen molar-refractivity contribution in [3.8, 4) is 0 Å². The Bertz CT molecular complexity index is 922. The van der Waals surface area contributed by atoms with Crippen molar-refractivity contribution in [3.05, 3.63) is 89.2 Å². The van der Waals surface area contributed by atoms with Crippen molar-refractivity contribution < 1.29 is 18.0 Å². The Hall–Kier alpha value is -3.29. The smallest absolute Gasteiger partial charge is 0.334 e. The van der Waals surface area contributed by atoms with E-state index in [9.17, 15) is 18.0 Å². The Morgan fingerprint density at radius 2 is 1.61 bits per heavy atom. The van der Waals surface area contributed by atoms with E-state index in [1.807, 2.05) is 36.5 Å². The Kier molecular flexibility index (Phi) is 5.98. The molecule has 28 heavy (non-hydrogen) atoms. The number of nitrogens with one attached hydrogen (secondary N) is 2. The zero-order valence-corrected chi connectivity index (χ0v) is 14.9. The summed E-state index contributed by atoms with van der Waals surface area (Å²) in [5.74, 6) is 0. The van der Waals surface area contributed by atoms with Crippen LogP contribution in [0.1, 0.15) is 22.3 Å². The van der Waals surface area contributed by atoms with Crippen LogP contribution in [-0.2, 0) is 25.8 Å². The second kappa shape index (κ2) is 8.60. The summed E-state index contributed by atoms with van der Waals surface area (Å²) in [7, 11) is 0. The summed E-state index contributed by atoms with van der Waals surface area (Å²) in [5.41, 5.74) is 1.58. The first-order valence-corrected chi connectivity index (χ1v) is 8.63. The van der Waals surface area contributed by atoms with Crippen molar-refractivity contribution in [2.45, 2.75) is 25.8 Å². The molecule has 2 aromatic carbocycles. The predicted molar refractivity (Wildman–Crippen MR) is 98.3 cm³/mol. The highest BCUT2D eigenvalue weighted by molar-refractivity contribution is 5.73. The number of rotatable bonds is 6. The molecule has 2 N–H and O–H groups in total. The Morgan fingerprint density at radius 3 is 2.32 bits per heavy atom. The first-order chi connectivity index (χ1) is 13.4. The number of hydrogen-bond donors (Lipinski definition) is 2. The standard InChI is InChI=1S/C20H19F3N4O/c21-20(22,23)18-8-4-7-16(9-18)10-24-19(28)25-11-17-12-26-27(14-17)13-15-5-2-1-3-6-15/h1-9,12,14H,10-11,13H2,(H2,24,25,28). The minimum atomic E-state index is -4.40. The van der Waals surface area contributed by atoms with Gasteiger partial charge in [-0.25, -0.2) is 4.79 Å². The fourth-order valence-corrected chi connectivity index (χ4v) is 2.64. The van der Waals surface area contributed by atoms with Gasteiger partial charge in [0, 0.05) is 24.8 Å². The lowest BCUT2D eigenvalue weighted by molar-refractivity contribution is -0.137. The molecule has 3 rings (SSSR count). The highest BCUT2D eigenvalue weighted by Gasteiger charge is 2.30. The Morgan fingerprint density at radius 1 is 0.929 bits per heavy atom. The molecule has 3 aromatic rings. The number of amides is 2. The quantitative estimate of drug-likeness (QED) is 0.672. The number of nitrogens with zero attached hydrogens (tertiary/aromatic N) is 2. The van der Waals surface area contributed by atoms with Crippen LogP contribution in [0.3, 0.4) is 0 Å². The van der Waals surface area contributed by atoms with E-state index in [-0.39, 0.29) is 13.1 Å². The zero-order chi connectivity index (χ0) is 20.0. The molecule has 0 atom stereocenters. The van der Waals surface area contributed by atoms with Crippen molar-refractivity contribution in [1.82, 2.24) is 20.4 Å². The lowest BCUT2D eigenvalue weighted by Crippen LogP contribution is -2.34. The molecule has 8 heteroatoms. The fourth-order valence-electron chi connectivity index (χ4n) is 2.64. The summed E-state index contributed by atoms with van der Waals surface area (Å²) in [4.78, 5) is 11.9. The summed E-state index contributed by atoms with van der Waals surface area (Å²) in [6.07, 6.45) is -0.908. The van der Waals surface area contributed by atoms with Gasteiger partial charge in [0.1, 0.15) is 0 Å². The summed E-state index contributed by atoms with van der Waals surface area (Å²) in [6, 6.07) is 14.3. The summed E-state index contributed by atoms with van der Waals surface area (Å²) in [6.45, 7) is 0.898. The Labute approximate surface area is 160 Å². The molecule has 0 aliphatic carbocycles. The van der Waals surface area contributed by atoms with Gasteiger partial charge in [0.15, 0.2) is 0 Å². The molecule has 5 nitrogen and oxygen atoms in total. The maximum absolute atomic E-state index is 12.7. The third-order valence-corrected chi connectivity index (χ3v) is 4.03. The van der Waals surface area contributed by atoms with E-state index in [0.717, 1.165) is 23.3 Å². The van der Waals surface area contributed by atoms with Crippen LogP contribution in [0, 0.1) is 0 Å². The number of benzene rings is 2. The number of carbonyl (C=O) groups is 1. The number of alkyl halides is 3. The van der Waals surface area contributed by atoms with E-state index in [0.29, 0.717) is 12.1 Å². The van der Waals surface area contributed by atoms with E-state index < -0.39 is 17.8 Å². The third-order valence-electron chi connectivity index (χ3n) is 4.03. The Balaban J connectivity index is 1.46. The monoisotopic (exact) mass is 388 g/mol. The molecule has 0 aliphatic heterocycles. The van der Waals surface area contributed by atoms with E-state index in [4.69, 9.17) is 0 Å². The van der Waals surface area contributed by atoms with Gasteiger partial charge in [-0.3, -0.25) is 4.68 Å². The number of urea groups is 1. The molecular formula is C20H19F3N4O. The minimum absolute atomic E-state index is 0.00300. The number of hydrogen-bond acceptors (Lipinski definition) is 2. The average molecular weight is 388 g/mol. The SMILES string of the molecule is O=C(NCc1cccc(C(F)(F)F)c1)NCc1cnn(Cc2ccccc2)c1. The average Bonchev–Trinajstić information content (AvgIpc) is 3.12. The van der Waals surface area contributed by atoms with E-state index >= 15 is 0 Å². The van der Waals surface area contributed by atoms with Gasteiger partial charge in [-0.2, -0.15) is 18.3 Å². The molecule has 0 saturated heterocycles. The molecule has 0 spiro atoms. The van der Waals surface area contributed by atoms with Crippen LogP contribution in [0.4, 0.5) is 18.0 Å². The van der Waals surface area contributed by atoms with Gasteiger partial charge in [0.05, 0.1) is 18.3 Å². The second-order valence-electron chi connectivity index (χ2n) is 6.27. The highest BCUT2D eigenvalue weighted by atomic mass is 19.4. The zero-order valence-electron chi connectivity index (χ0n) is 14.9. The van der Waals surface area contributed by atoms with Crippen LogP contribution in [0.15, 0.2) is 67.0 Å². The van der Waals surface area contributed by atoms with Crippen molar-refractivity contribution in [3.63, 3.8) is 0 Å². The first-order valence-electron chi connectivity index (χ1n) is 8.63. The minimum Gasteiger partial charge on any atom is -0.334 e. The molecule has 0 radical (unpaired) electrons. The largest absolute Gasteiger partial charge is 0.416 e. The van der Waals surface area contributed by atoms with Crippen molar-refractivity contribution in [2.24, 2.45) is 0 Å². The van der Waals surface area contributed by atoms with Gasteiger partial charge < -0.3 is 10.6 Å². The van der Waals surface area contributed by atoms with Crippen LogP contribution in [-0.4, -0.2) is 15.8 Å². The third kappa shape index (κ3) is 5.60. The predicted octanol–water partition coefficient (Wildman–Crippen LogP) is 3.95. The molecule has 146 valence electrons. The lowest BCUT2D eigenvalue weighted by atomic mass is 10.1. The van der Waals surface area contributed by atoms with Crippen LogP contribution < -0.4 is 10.6 Å². The van der Waals surface area contributed by atoms with Crippen molar-refractivity contribution in [2.75, 3.05) is 0 Å². The number of halogens is 3. The molecule has 0 aliphatic rings. The lowest BCUT2D eigenvalue weighted by Gasteiger charge is -2.10. The van der Waals surface area contributed by atoms with Crippen LogP contribution in [0.25, 0.3) is 0 Å². The maximum atomic E-state index is 12.7. The second-order valence-corrected chi connectivity index (χ2v) is 6.27. The first kappa shape index (κ1) is 19.5. The van der Waals surface area contributed by atoms with E-state index in [2.05, 4.69) is 15.7 Å². The van der Waals surface area contributed by atoms with Crippen molar-refractivity contribution >= 4 is 6.03 Å². The van der Waals surface area contributed by atoms with E-state index in [1.165, 1.54) is 12.1 Å². The molecule has 0 fully saturated rings. The van der Waals surface area contributed by atoms with E-state index in [1.54, 1.807) is 10.9 Å². The van der Waals surface area contributed by atoms with Gasteiger partial charge in [-0.1, -0.05) is 42.5 Å². The van der Waals surface area contributed by atoms with Crippen LogP contribution >= 0.6 is 0 Å². The molecule has 0 bridgehead atoms. The van der Waals surface area contributed by atoms with Gasteiger partial charge >= 0.3 is 12.2 Å². The molecular weight excluding hydrogens is 369 g/mol. The van der Waals surface area contributed by atoms with Crippen molar-refractivity contribution in [1.29, 1.82) is 0 Å². The highest BCUT2D eigenvalue weighted by Crippen LogP contribution is 2.29. The number of aromatic nitrogens is 2. The molecule has 0 unspecified atom stereocenters. The van der Waals surface area contributed by atoms with Crippen LogP contribution in [0.2, 0.25) is 0 Å². The molecule has 1 aromatic heterocycles. The van der Waals surface area contributed by atoms with Gasteiger partial charge in [0.25, 0.3) is 0 Å².